The number of nitrogens with zero attached hydrogens (tertiary/aromatic N) is 1. The topological polar surface area (TPSA) is 29.3 Å². The van der Waals surface area contributed by atoms with E-state index >= 15 is 0 Å². The van der Waals surface area contributed by atoms with Crippen LogP contribution in [0.15, 0.2) is 18.2 Å². The molecular formula is C12H17F3N2. The number of benzene rings is 1. The maximum absolute atomic E-state index is 12.5. The number of alkyl halides is 3. The molecule has 1 rings (SSSR count). The Kier molecular flexibility index (Phi) is 4.03. The van der Waals surface area contributed by atoms with Gasteiger partial charge in [-0.2, -0.15) is 13.2 Å². The zero-order valence-electron chi connectivity index (χ0n) is 10.2. The first-order valence-corrected chi connectivity index (χ1v) is 5.40. The smallest absolute Gasteiger partial charge is 0.372 e. The van der Waals surface area contributed by atoms with E-state index in [2.05, 4.69) is 0 Å². The fraction of sp³-hybridized carbons (Fsp3) is 0.500. The lowest BCUT2D eigenvalue weighted by molar-refractivity contribution is -0.137. The second-order valence-electron chi connectivity index (χ2n) is 4.25. The van der Waals surface area contributed by atoms with Crippen molar-refractivity contribution in [2.24, 2.45) is 5.73 Å². The van der Waals surface area contributed by atoms with Crippen LogP contribution < -0.4 is 10.6 Å². The first-order chi connectivity index (χ1) is 7.77. The summed E-state index contributed by atoms with van der Waals surface area (Å²) >= 11 is 0. The summed E-state index contributed by atoms with van der Waals surface area (Å²) in [5, 5.41) is 0. The summed E-state index contributed by atoms with van der Waals surface area (Å²) in [5.74, 6) is 0. The molecule has 1 aromatic carbocycles. The summed E-state index contributed by atoms with van der Waals surface area (Å²) in [5.41, 5.74) is 6.11. The minimum absolute atomic E-state index is 0.0936. The van der Waals surface area contributed by atoms with Crippen molar-refractivity contribution in [1.82, 2.24) is 0 Å². The average molecular weight is 246 g/mol. The molecule has 1 aromatic rings. The summed E-state index contributed by atoms with van der Waals surface area (Å²) in [7, 11) is 1.84. The van der Waals surface area contributed by atoms with Crippen molar-refractivity contribution in [1.29, 1.82) is 0 Å². The van der Waals surface area contributed by atoms with Gasteiger partial charge in [0, 0.05) is 25.3 Å². The van der Waals surface area contributed by atoms with E-state index in [1.54, 1.807) is 0 Å². The molecule has 0 bridgehead atoms. The molecule has 0 saturated heterocycles. The normalized spacial score (nSPS) is 12.0. The Balaban J connectivity index is 3.19. The molecule has 0 amide bonds. The van der Waals surface area contributed by atoms with Crippen LogP contribution in [0, 0.1) is 0 Å². The Morgan fingerprint density at radius 2 is 1.88 bits per heavy atom. The molecule has 0 unspecified atom stereocenters. The van der Waals surface area contributed by atoms with Crippen LogP contribution in [-0.4, -0.2) is 13.1 Å². The first-order valence-electron chi connectivity index (χ1n) is 5.40. The zero-order valence-corrected chi connectivity index (χ0v) is 10.2. The molecule has 2 nitrogen and oxygen atoms in total. The van der Waals surface area contributed by atoms with Crippen LogP contribution in [0.5, 0.6) is 0 Å². The maximum atomic E-state index is 12.5. The zero-order chi connectivity index (χ0) is 13.2. The van der Waals surface area contributed by atoms with Gasteiger partial charge in [0.1, 0.15) is 0 Å². The van der Waals surface area contributed by atoms with Gasteiger partial charge in [-0.15, -0.1) is 0 Å². The van der Waals surface area contributed by atoms with Crippen LogP contribution in [0.25, 0.3) is 0 Å². The number of halogens is 3. The lowest BCUT2D eigenvalue weighted by Gasteiger charge is -2.26. The SMILES string of the molecule is CC(C)N(C)c1ccc(C(F)(F)F)cc1CN. The van der Waals surface area contributed by atoms with Crippen molar-refractivity contribution in [3.05, 3.63) is 29.3 Å². The van der Waals surface area contributed by atoms with Gasteiger partial charge in [-0.05, 0) is 37.6 Å². The second kappa shape index (κ2) is 4.96. The third-order valence-corrected chi connectivity index (χ3v) is 2.78. The lowest BCUT2D eigenvalue weighted by Crippen LogP contribution is -2.27. The maximum Gasteiger partial charge on any atom is 0.416 e. The minimum Gasteiger partial charge on any atom is -0.372 e. The van der Waals surface area contributed by atoms with Crippen LogP contribution >= 0.6 is 0 Å². The van der Waals surface area contributed by atoms with E-state index in [0.717, 1.165) is 17.8 Å². The van der Waals surface area contributed by atoms with E-state index in [1.807, 2.05) is 25.8 Å². The number of anilines is 1. The Labute approximate surface area is 99.2 Å². The minimum atomic E-state index is -4.32. The highest BCUT2D eigenvalue weighted by atomic mass is 19.4. The largest absolute Gasteiger partial charge is 0.416 e. The van der Waals surface area contributed by atoms with Crippen LogP contribution in [0.1, 0.15) is 25.0 Å². The molecule has 0 saturated carbocycles. The highest BCUT2D eigenvalue weighted by Gasteiger charge is 2.31. The number of nitrogens with two attached hydrogens (primary N) is 1. The van der Waals surface area contributed by atoms with Crippen molar-refractivity contribution in [3.8, 4) is 0 Å². The van der Waals surface area contributed by atoms with Crippen LogP contribution in [-0.2, 0) is 12.7 Å². The van der Waals surface area contributed by atoms with Crippen LogP contribution in [0.4, 0.5) is 18.9 Å². The molecule has 0 heterocycles. The fourth-order valence-electron chi connectivity index (χ4n) is 1.55. The highest BCUT2D eigenvalue weighted by Crippen LogP contribution is 2.32. The summed E-state index contributed by atoms with van der Waals surface area (Å²) in [6.07, 6.45) is -4.32. The summed E-state index contributed by atoms with van der Waals surface area (Å²) in [6, 6.07) is 3.89. The number of rotatable bonds is 3. The van der Waals surface area contributed by atoms with Crippen molar-refractivity contribution >= 4 is 5.69 Å². The molecule has 0 radical (unpaired) electrons. The molecule has 0 fully saturated rings. The Bertz CT molecular complexity index is 386. The quantitative estimate of drug-likeness (QED) is 0.888. The predicted molar refractivity (Wildman–Crippen MR) is 62.9 cm³/mol. The number of hydrogen-bond acceptors (Lipinski definition) is 2. The fourth-order valence-corrected chi connectivity index (χ4v) is 1.55. The Morgan fingerprint density at radius 3 is 2.29 bits per heavy atom. The second-order valence-corrected chi connectivity index (χ2v) is 4.25. The molecular weight excluding hydrogens is 229 g/mol. The molecule has 96 valence electrons. The van der Waals surface area contributed by atoms with E-state index < -0.39 is 11.7 Å². The van der Waals surface area contributed by atoms with E-state index in [1.165, 1.54) is 6.07 Å². The third-order valence-electron chi connectivity index (χ3n) is 2.78. The van der Waals surface area contributed by atoms with Crippen molar-refractivity contribution < 1.29 is 13.2 Å². The molecule has 0 spiro atoms. The highest BCUT2D eigenvalue weighted by molar-refractivity contribution is 5.55. The van der Waals surface area contributed by atoms with E-state index in [0.29, 0.717) is 5.56 Å². The van der Waals surface area contributed by atoms with Gasteiger partial charge in [0.15, 0.2) is 0 Å². The molecule has 0 aromatic heterocycles. The van der Waals surface area contributed by atoms with E-state index in [-0.39, 0.29) is 12.6 Å². The van der Waals surface area contributed by atoms with Crippen LogP contribution in [0.3, 0.4) is 0 Å². The van der Waals surface area contributed by atoms with Gasteiger partial charge < -0.3 is 10.6 Å². The van der Waals surface area contributed by atoms with Crippen molar-refractivity contribution in [2.45, 2.75) is 32.6 Å². The van der Waals surface area contributed by atoms with Crippen molar-refractivity contribution in [3.63, 3.8) is 0 Å². The molecule has 17 heavy (non-hydrogen) atoms. The standard InChI is InChI=1S/C12H17F3N2/c1-8(2)17(3)11-5-4-10(12(13,14)15)6-9(11)7-16/h4-6,8H,7,16H2,1-3H3. The van der Waals surface area contributed by atoms with Crippen LogP contribution in [0.2, 0.25) is 0 Å². The molecule has 2 N–H and O–H groups in total. The Hall–Kier alpha value is -1.23. The molecule has 5 heteroatoms. The van der Waals surface area contributed by atoms with E-state index in [4.69, 9.17) is 5.73 Å². The molecule has 0 aliphatic heterocycles. The summed E-state index contributed by atoms with van der Waals surface area (Å²) in [4.78, 5) is 1.91. The van der Waals surface area contributed by atoms with Gasteiger partial charge in [0.25, 0.3) is 0 Å². The lowest BCUT2D eigenvalue weighted by atomic mass is 10.1. The third kappa shape index (κ3) is 3.12. The summed E-state index contributed by atoms with van der Waals surface area (Å²) < 4.78 is 37.6. The van der Waals surface area contributed by atoms with Gasteiger partial charge in [0.2, 0.25) is 0 Å². The first kappa shape index (κ1) is 13.8. The molecule has 0 aliphatic carbocycles. The predicted octanol–water partition coefficient (Wildman–Crippen LogP) is 3.01. The Morgan fingerprint density at radius 1 is 1.29 bits per heavy atom. The monoisotopic (exact) mass is 246 g/mol. The average Bonchev–Trinajstić information content (AvgIpc) is 2.25. The molecule has 0 aliphatic rings. The van der Waals surface area contributed by atoms with Gasteiger partial charge in [-0.25, -0.2) is 0 Å². The van der Waals surface area contributed by atoms with Crippen molar-refractivity contribution in [2.75, 3.05) is 11.9 Å². The van der Waals surface area contributed by atoms with Gasteiger partial charge >= 0.3 is 6.18 Å². The molecule has 0 atom stereocenters. The number of hydrogen-bond donors (Lipinski definition) is 1. The van der Waals surface area contributed by atoms with Gasteiger partial charge in [-0.1, -0.05) is 0 Å². The summed E-state index contributed by atoms with van der Waals surface area (Å²) in [6.45, 7) is 4.03. The van der Waals surface area contributed by atoms with Gasteiger partial charge in [0.05, 0.1) is 5.56 Å². The van der Waals surface area contributed by atoms with E-state index in [9.17, 15) is 13.2 Å². The van der Waals surface area contributed by atoms with Gasteiger partial charge in [-0.3, -0.25) is 0 Å².